The number of benzene rings is 8. The van der Waals surface area contributed by atoms with Gasteiger partial charge < -0.3 is 4.90 Å². The van der Waals surface area contributed by atoms with Gasteiger partial charge in [0.05, 0.1) is 11.4 Å². The maximum atomic E-state index is 2.43. The van der Waals surface area contributed by atoms with E-state index in [1.54, 1.807) is 0 Å². The molecule has 0 aliphatic rings. The molecule has 0 aromatic heterocycles. The molecular weight excluding hydrogens is 542 g/mol. The lowest BCUT2D eigenvalue weighted by Crippen LogP contribution is -2.12. The highest BCUT2D eigenvalue weighted by atomic mass is 15.1. The van der Waals surface area contributed by atoms with E-state index >= 15 is 0 Å². The Morgan fingerprint density at radius 3 is 1.73 bits per heavy atom. The summed E-state index contributed by atoms with van der Waals surface area (Å²) in [5, 5.41) is 4.92. The maximum Gasteiger partial charge on any atom is 0.0540 e. The largest absolute Gasteiger partial charge is 0.309 e. The van der Waals surface area contributed by atoms with Crippen LogP contribution in [0.25, 0.3) is 54.9 Å². The predicted octanol–water partition coefficient (Wildman–Crippen LogP) is 12.5. The number of hydrogen-bond acceptors (Lipinski definition) is 1. The molecule has 0 aliphatic heterocycles. The summed E-state index contributed by atoms with van der Waals surface area (Å²) in [6, 6.07) is 67.7. The van der Waals surface area contributed by atoms with Gasteiger partial charge in [0, 0.05) is 16.6 Å². The van der Waals surface area contributed by atoms with Crippen LogP contribution < -0.4 is 4.90 Å². The van der Waals surface area contributed by atoms with Gasteiger partial charge in [0.1, 0.15) is 0 Å². The lowest BCUT2D eigenvalue weighted by molar-refractivity contribution is 1.30. The molecule has 0 aliphatic carbocycles. The third kappa shape index (κ3) is 5.05. The van der Waals surface area contributed by atoms with Crippen molar-refractivity contribution < 1.29 is 0 Å². The summed E-state index contributed by atoms with van der Waals surface area (Å²) in [6.45, 7) is 0. The van der Waals surface area contributed by atoms with Crippen molar-refractivity contribution in [3.8, 4) is 33.4 Å². The molecule has 0 heterocycles. The average molecular weight is 574 g/mol. The molecule has 8 rings (SSSR count). The van der Waals surface area contributed by atoms with E-state index in [9.17, 15) is 0 Å². The number of anilines is 3. The second-order valence-electron chi connectivity index (χ2n) is 11.4. The number of rotatable bonds is 6. The minimum atomic E-state index is 1.11. The summed E-state index contributed by atoms with van der Waals surface area (Å²) >= 11 is 0. The van der Waals surface area contributed by atoms with E-state index in [2.05, 4.69) is 193 Å². The molecule has 8 aromatic rings. The van der Waals surface area contributed by atoms with E-state index < -0.39 is 0 Å². The lowest BCUT2D eigenvalue weighted by atomic mass is 9.92. The summed E-state index contributed by atoms with van der Waals surface area (Å²) in [6.07, 6.45) is 0. The summed E-state index contributed by atoms with van der Waals surface area (Å²) in [5.41, 5.74) is 10.6. The summed E-state index contributed by atoms with van der Waals surface area (Å²) in [5.74, 6) is 0. The molecule has 0 spiro atoms. The Morgan fingerprint density at radius 1 is 0.289 bits per heavy atom. The predicted molar refractivity (Wildman–Crippen MR) is 192 cm³/mol. The Hall–Kier alpha value is -5.92. The van der Waals surface area contributed by atoms with Crippen LogP contribution in [-0.2, 0) is 0 Å². The van der Waals surface area contributed by atoms with Gasteiger partial charge in [0.2, 0.25) is 0 Å². The van der Waals surface area contributed by atoms with Gasteiger partial charge in [0.25, 0.3) is 0 Å². The molecule has 0 N–H and O–H groups in total. The van der Waals surface area contributed by atoms with Gasteiger partial charge in [-0.1, -0.05) is 158 Å². The number of hydrogen-bond donors (Lipinski definition) is 0. The normalized spacial score (nSPS) is 11.1. The van der Waals surface area contributed by atoms with Crippen LogP contribution in [0.3, 0.4) is 0 Å². The molecule has 1 heteroatoms. The quantitative estimate of drug-likeness (QED) is 0.191. The van der Waals surface area contributed by atoms with Crippen LogP contribution in [0.15, 0.2) is 188 Å². The van der Waals surface area contributed by atoms with Gasteiger partial charge in [-0.2, -0.15) is 0 Å². The molecule has 45 heavy (non-hydrogen) atoms. The zero-order valence-corrected chi connectivity index (χ0v) is 24.8. The molecule has 0 atom stereocenters. The van der Waals surface area contributed by atoms with Crippen LogP contribution in [-0.4, -0.2) is 0 Å². The van der Waals surface area contributed by atoms with Crippen molar-refractivity contribution in [2.45, 2.75) is 0 Å². The molecule has 0 unspecified atom stereocenters. The second kappa shape index (κ2) is 11.6. The average Bonchev–Trinajstić information content (AvgIpc) is 3.12. The van der Waals surface area contributed by atoms with Crippen molar-refractivity contribution in [1.29, 1.82) is 0 Å². The number of nitrogens with zero attached hydrogens (tertiary/aromatic N) is 1. The van der Waals surface area contributed by atoms with E-state index in [4.69, 9.17) is 0 Å². The fourth-order valence-corrected chi connectivity index (χ4v) is 6.49. The third-order valence-electron chi connectivity index (χ3n) is 8.64. The highest BCUT2D eigenvalue weighted by molar-refractivity contribution is 6.02. The standard InChI is InChI=1S/C44H31N/c1-2-15-33(16-3-1)39-22-8-9-24-41(39)42-25-10-11-26-44(42)45(43-27-13-19-34-17-6-7-23-40(34)43)38-21-12-20-36(31-38)37-29-28-32-14-4-5-18-35(32)30-37/h1-31H. The topological polar surface area (TPSA) is 3.24 Å². The van der Waals surface area contributed by atoms with Gasteiger partial charge in [-0.15, -0.1) is 0 Å². The molecule has 212 valence electrons. The molecule has 1 nitrogen and oxygen atoms in total. The Morgan fingerprint density at radius 2 is 0.867 bits per heavy atom. The molecule has 0 amide bonds. The Bertz CT molecular complexity index is 2280. The number of para-hydroxylation sites is 1. The Labute approximate surface area is 264 Å². The summed E-state index contributed by atoms with van der Waals surface area (Å²) in [7, 11) is 0. The molecule has 0 saturated carbocycles. The van der Waals surface area contributed by atoms with Crippen molar-refractivity contribution in [3.63, 3.8) is 0 Å². The van der Waals surface area contributed by atoms with Gasteiger partial charge in [-0.25, -0.2) is 0 Å². The van der Waals surface area contributed by atoms with Crippen molar-refractivity contribution in [1.82, 2.24) is 0 Å². The lowest BCUT2D eigenvalue weighted by Gasteiger charge is -2.30. The van der Waals surface area contributed by atoms with Crippen LogP contribution in [0.1, 0.15) is 0 Å². The molecular formula is C44H31N. The first kappa shape index (κ1) is 26.7. The van der Waals surface area contributed by atoms with Gasteiger partial charge in [-0.3, -0.25) is 0 Å². The summed E-state index contributed by atoms with van der Waals surface area (Å²) in [4.78, 5) is 2.43. The highest BCUT2D eigenvalue weighted by Gasteiger charge is 2.21. The van der Waals surface area contributed by atoms with Crippen LogP contribution in [0.4, 0.5) is 17.1 Å². The van der Waals surface area contributed by atoms with E-state index in [-0.39, 0.29) is 0 Å². The fourth-order valence-electron chi connectivity index (χ4n) is 6.49. The van der Waals surface area contributed by atoms with Gasteiger partial charge >= 0.3 is 0 Å². The van der Waals surface area contributed by atoms with Gasteiger partial charge in [-0.05, 0) is 74.3 Å². The first-order chi connectivity index (χ1) is 22.3. The molecule has 0 saturated heterocycles. The van der Waals surface area contributed by atoms with E-state index in [1.807, 2.05) is 0 Å². The minimum absolute atomic E-state index is 1.11. The summed E-state index contributed by atoms with van der Waals surface area (Å²) < 4.78 is 0. The van der Waals surface area contributed by atoms with E-state index in [1.165, 1.54) is 54.9 Å². The molecule has 0 bridgehead atoms. The maximum absolute atomic E-state index is 2.43. The fraction of sp³-hybridized carbons (Fsp3) is 0. The first-order valence-electron chi connectivity index (χ1n) is 15.4. The van der Waals surface area contributed by atoms with Crippen molar-refractivity contribution in [3.05, 3.63) is 188 Å². The van der Waals surface area contributed by atoms with Crippen LogP contribution in [0, 0.1) is 0 Å². The van der Waals surface area contributed by atoms with E-state index in [0.717, 1.165) is 17.1 Å². The second-order valence-corrected chi connectivity index (χ2v) is 11.4. The van der Waals surface area contributed by atoms with Crippen molar-refractivity contribution >= 4 is 38.6 Å². The van der Waals surface area contributed by atoms with Crippen LogP contribution >= 0.6 is 0 Å². The van der Waals surface area contributed by atoms with Crippen LogP contribution in [0.5, 0.6) is 0 Å². The SMILES string of the molecule is c1ccc(-c2ccccc2-c2ccccc2N(c2cccc(-c3ccc4ccccc4c3)c2)c2cccc3ccccc23)cc1. The minimum Gasteiger partial charge on any atom is -0.309 e. The zero-order valence-electron chi connectivity index (χ0n) is 24.8. The highest BCUT2D eigenvalue weighted by Crippen LogP contribution is 2.46. The monoisotopic (exact) mass is 573 g/mol. The van der Waals surface area contributed by atoms with Crippen molar-refractivity contribution in [2.24, 2.45) is 0 Å². The Balaban J connectivity index is 1.36. The molecule has 0 radical (unpaired) electrons. The number of fused-ring (bicyclic) bond motifs is 2. The third-order valence-corrected chi connectivity index (χ3v) is 8.64. The molecule has 0 fully saturated rings. The zero-order chi connectivity index (χ0) is 30.0. The van der Waals surface area contributed by atoms with Crippen LogP contribution in [0.2, 0.25) is 0 Å². The van der Waals surface area contributed by atoms with E-state index in [0.29, 0.717) is 0 Å². The van der Waals surface area contributed by atoms with Gasteiger partial charge in [0.15, 0.2) is 0 Å². The first-order valence-corrected chi connectivity index (χ1v) is 15.4. The molecule has 8 aromatic carbocycles. The van der Waals surface area contributed by atoms with Crippen molar-refractivity contribution in [2.75, 3.05) is 4.90 Å². The smallest absolute Gasteiger partial charge is 0.0540 e. The Kier molecular flexibility index (Phi) is 6.90.